The van der Waals surface area contributed by atoms with E-state index in [0.29, 0.717) is 12.2 Å². The van der Waals surface area contributed by atoms with Crippen molar-refractivity contribution in [1.82, 2.24) is 10.3 Å². The molecular formula is C14H19N3O2. The van der Waals surface area contributed by atoms with E-state index in [9.17, 15) is 4.79 Å². The Balaban J connectivity index is 2.28. The maximum absolute atomic E-state index is 12.1. The molecule has 4 N–H and O–H groups in total. The summed E-state index contributed by atoms with van der Waals surface area (Å²) >= 11 is 0. The van der Waals surface area contributed by atoms with Crippen molar-refractivity contribution < 1.29 is 9.53 Å². The van der Waals surface area contributed by atoms with Crippen LogP contribution in [0.4, 0.5) is 0 Å². The number of carbonyl (C=O) groups is 1. The van der Waals surface area contributed by atoms with Gasteiger partial charge in [0.1, 0.15) is 11.4 Å². The minimum atomic E-state index is -0.425. The molecule has 0 atom stereocenters. The number of aromatic nitrogens is 1. The number of ether oxygens (including phenoxy) is 1. The quantitative estimate of drug-likeness (QED) is 0.782. The summed E-state index contributed by atoms with van der Waals surface area (Å²) in [5.41, 5.74) is 6.57. The molecule has 0 saturated heterocycles. The summed E-state index contributed by atoms with van der Waals surface area (Å²) in [4.78, 5) is 15.2. The first-order valence-corrected chi connectivity index (χ1v) is 6.14. The fourth-order valence-corrected chi connectivity index (χ4v) is 1.78. The molecule has 0 unspecified atom stereocenters. The molecule has 1 heterocycles. The monoisotopic (exact) mass is 261 g/mol. The highest BCUT2D eigenvalue weighted by Gasteiger charge is 2.20. The second-order valence-electron chi connectivity index (χ2n) is 5.18. The highest BCUT2D eigenvalue weighted by atomic mass is 16.5. The Labute approximate surface area is 112 Å². The van der Waals surface area contributed by atoms with E-state index in [2.05, 4.69) is 10.3 Å². The Bertz CT molecular complexity index is 602. The maximum Gasteiger partial charge on any atom is 0.268 e. The Morgan fingerprint density at radius 3 is 2.79 bits per heavy atom. The van der Waals surface area contributed by atoms with E-state index in [0.717, 1.165) is 16.7 Å². The third-order valence-electron chi connectivity index (χ3n) is 3.04. The summed E-state index contributed by atoms with van der Waals surface area (Å²) in [5, 5.41) is 3.85. The largest absolute Gasteiger partial charge is 0.497 e. The van der Waals surface area contributed by atoms with Gasteiger partial charge >= 0.3 is 0 Å². The van der Waals surface area contributed by atoms with E-state index in [1.807, 2.05) is 38.1 Å². The molecule has 0 aliphatic heterocycles. The van der Waals surface area contributed by atoms with Crippen molar-refractivity contribution in [2.45, 2.75) is 19.4 Å². The lowest BCUT2D eigenvalue weighted by Crippen LogP contribution is -2.48. The van der Waals surface area contributed by atoms with Gasteiger partial charge in [-0.1, -0.05) is 0 Å². The van der Waals surface area contributed by atoms with Crippen molar-refractivity contribution in [1.29, 1.82) is 0 Å². The standard InChI is InChI=1S/C14H19N3O2/c1-14(2,8-15)17-13(18)12-6-9-4-5-10(19-3)7-11(9)16-12/h4-7,16H,8,15H2,1-3H3,(H,17,18). The van der Waals surface area contributed by atoms with E-state index in [-0.39, 0.29) is 5.91 Å². The van der Waals surface area contributed by atoms with Gasteiger partial charge in [-0.3, -0.25) is 4.79 Å². The van der Waals surface area contributed by atoms with E-state index in [1.54, 1.807) is 7.11 Å². The molecule has 1 aromatic heterocycles. The third kappa shape index (κ3) is 2.88. The Morgan fingerprint density at radius 2 is 2.16 bits per heavy atom. The predicted octanol–water partition coefficient (Wildman–Crippen LogP) is 1.64. The summed E-state index contributed by atoms with van der Waals surface area (Å²) in [6, 6.07) is 7.45. The normalized spacial score (nSPS) is 11.6. The summed E-state index contributed by atoms with van der Waals surface area (Å²) in [7, 11) is 1.61. The van der Waals surface area contributed by atoms with Gasteiger partial charge in [0.05, 0.1) is 7.11 Å². The average Bonchev–Trinajstić information content (AvgIpc) is 2.81. The van der Waals surface area contributed by atoms with E-state index in [4.69, 9.17) is 10.5 Å². The van der Waals surface area contributed by atoms with Gasteiger partial charge in [-0.05, 0) is 32.0 Å². The number of rotatable bonds is 4. The SMILES string of the molecule is COc1ccc2cc(C(=O)NC(C)(C)CN)[nH]c2c1. The van der Waals surface area contributed by atoms with Gasteiger partial charge in [-0.25, -0.2) is 0 Å². The van der Waals surface area contributed by atoms with Crippen molar-refractivity contribution in [3.63, 3.8) is 0 Å². The van der Waals surface area contributed by atoms with Gasteiger partial charge in [-0.2, -0.15) is 0 Å². The van der Waals surface area contributed by atoms with Crippen LogP contribution < -0.4 is 15.8 Å². The molecule has 2 aromatic rings. The topological polar surface area (TPSA) is 80.1 Å². The van der Waals surface area contributed by atoms with Crippen LogP contribution in [0.1, 0.15) is 24.3 Å². The van der Waals surface area contributed by atoms with Gasteiger partial charge in [-0.15, -0.1) is 0 Å². The molecule has 0 radical (unpaired) electrons. The van der Waals surface area contributed by atoms with Crippen LogP contribution in [0.3, 0.4) is 0 Å². The summed E-state index contributed by atoms with van der Waals surface area (Å²) < 4.78 is 5.15. The zero-order chi connectivity index (χ0) is 14.0. The molecule has 5 nitrogen and oxygen atoms in total. The lowest BCUT2D eigenvalue weighted by Gasteiger charge is -2.23. The summed E-state index contributed by atoms with van der Waals surface area (Å²) in [6.45, 7) is 4.15. The number of nitrogens with one attached hydrogen (secondary N) is 2. The van der Waals surface area contributed by atoms with Gasteiger partial charge in [0.15, 0.2) is 0 Å². The number of amides is 1. The van der Waals surface area contributed by atoms with Gasteiger partial charge < -0.3 is 20.8 Å². The fraction of sp³-hybridized carbons (Fsp3) is 0.357. The van der Waals surface area contributed by atoms with Crippen molar-refractivity contribution in [2.75, 3.05) is 13.7 Å². The molecule has 0 fully saturated rings. The number of hydrogen-bond donors (Lipinski definition) is 3. The molecule has 5 heteroatoms. The maximum atomic E-state index is 12.1. The van der Waals surface area contributed by atoms with Gasteiger partial charge in [0, 0.05) is 29.1 Å². The van der Waals surface area contributed by atoms with Crippen LogP contribution in [-0.2, 0) is 0 Å². The van der Waals surface area contributed by atoms with E-state index < -0.39 is 5.54 Å². The predicted molar refractivity (Wildman–Crippen MR) is 75.5 cm³/mol. The second kappa shape index (κ2) is 4.93. The molecule has 0 bridgehead atoms. The first-order valence-electron chi connectivity index (χ1n) is 6.14. The van der Waals surface area contributed by atoms with Crippen molar-refractivity contribution in [3.05, 3.63) is 30.0 Å². The van der Waals surface area contributed by atoms with Crippen LogP contribution in [0, 0.1) is 0 Å². The average molecular weight is 261 g/mol. The molecule has 19 heavy (non-hydrogen) atoms. The number of hydrogen-bond acceptors (Lipinski definition) is 3. The number of carbonyl (C=O) groups excluding carboxylic acids is 1. The molecule has 0 saturated carbocycles. The molecule has 1 amide bonds. The second-order valence-corrected chi connectivity index (χ2v) is 5.18. The van der Waals surface area contributed by atoms with Gasteiger partial charge in [0.25, 0.3) is 5.91 Å². The Kier molecular flexibility index (Phi) is 3.48. The molecule has 0 aliphatic carbocycles. The Morgan fingerprint density at radius 1 is 1.42 bits per heavy atom. The third-order valence-corrected chi connectivity index (χ3v) is 3.04. The zero-order valence-electron chi connectivity index (χ0n) is 11.4. The number of nitrogens with two attached hydrogens (primary N) is 1. The lowest BCUT2D eigenvalue weighted by molar-refractivity contribution is 0.0911. The van der Waals surface area contributed by atoms with Crippen molar-refractivity contribution in [2.24, 2.45) is 5.73 Å². The van der Waals surface area contributed by atoms with Crippen LogP contribution in [0.2, 0.25) is 0 Å². The van der Waals surface area contributed by atoms with Gasteiger partial charge in [0.2, 0.25) is 0 Å². The zero-order valence-corrected chi connectivity index (χ0v) is 11.4. The first kappa shape index (κ1) is 13.4. The van der Waals surface area contributed by atoms with Crippen LogP contribution in [0.15, 0.2) is 24.3 Å². The molecule has 0 aliphatic rings. The highest BCUT2D eigenvalue weighted by Crippen LogP contribution is 2.21. The smallest absolute Gasteiger partial charge is 0.268 e. The van der Waals surface area contributed by atoms with Crippen molar-refractivity contribution in [3.8, 4) is 5.75 Å². The first-order chi connectivity index (χ1) is 8.95. The van der Waals surface area contributed by atoms with E-state index >= 15 is 0 Å². The van der Waals surface area contributed by atoms with Crippen LogP contribution >= 0.6 is 0 Å². The Hall–Kier alpha value is -2.01. The minimum Gasteiger partial charge on any atom is -0.497 e. The highest BCUT2D eigenvalue weighted by molar-refractivity contribution is 5.98. The summed E-state index contributed by atoms with van der Waals surface area (Å²) in [5.74, 6) is 0.592. The van der Waals surface area contributed by atoms with Crippen LogP contribution in [0.5, 0.6) is 5.75 Å². The molecule has 1 aromatic carbocycles. The number of benzene rings is 1. The molecule has 102 valence electrons. The number of H-pyrrole nitrogens is 1. The number of fused-ring (bicyclic) bond motifs is 1. The number of aromatic amines is 1. The lowest BCUT2D eigenvalue weighted by atomic mass is 10.1. The number of methoxy groups -OCH3 is 1. The molecule has 0 spiro atoms. The fourth-order valence-electron chi connectivity index (χ4n) is 1.78. The molecule has 2 rings (SSSR count). The minimum absolute atomic E-state index is 0.161. The van der Waals surface area contributed by atoms with Crippen LogP contribution in [-0.4, -0.2) is 30.1 Å². The van der Waals surface area contributed by atoms with Crippen LogP contribution in [0.25, 0.3) is 10.9 Å². The summed E-state index contributed by atoms with van der Waals surface area (Å²) in [6.07, 6.45) is 0. The molecular weight excluding hydrogens is 242 g/mol. The van der Waals surface area contributed by atoms with Crippen molar-refractivity contribution >= 4 is 16.8 Å². The van der Waals surface area contributed by atoms with E-state index in [1.165, 1.54) is 0 Å².